The Morgan fingerprint density at radius 2 is 2.00 bits per heavy atom. The van der Waals surface area contributed by atoms with Gasteiger partial charge < -0.3 is 24.8 Å². The third-order valence-electron chi connectivity index (χ3n) is 6.63. The SMILES string of the molecule is C/C(OC1CCN(C(=O)CO)CC1)=C(C#N)\C=C(/C)c1ncnc2[nH]c(-c3ccc(C(C)(C)O)nc3)cc12. The number of fused-ring (bicyclic) bond motifs is 1. The number of aromatic nitrogens is 4. The van der Waals surface area contributed by atoms with Crippen molar-refractivity contribution in [1.29, 1.82) is 5.26 Å². The summed E-state index contributed by atoms with van der Waals surface area (Å²) in [6.45, 7) is 7.57. The molecule has 4 rings (SSSR count). The zero-order chi connectivity index (χ0) is 27.4. The minimum absolute atomic E-state index is 0.107. The van der Waals surface area contributed by atoms with Crippen LogP contribution in [0.4, 0.5) is 0 Å². The van der Waals surface area contributed by atoms with Crippen LogP contribution in [0.1, 0.15) is 51.9 Å². The molecule has 0 unspecified atom stereocenters. The van der Waals surface area contributed by atoms with E-state index in [0.29, 0.717) is 54.3 Å². The van der Waals surface area contributed by atoms with E-state index in [1.54, 1.807) is 44.0 Å². The molecule has 1 aliphatic rings. The van der Waals surface area contributed by atoms with E-state index in [0.717, 1.165) is 22.2 Å². The highest BCUT2D eigenvalue weighted by Gasteiger charge is 2.24. The first kappa shape index (κ1) is 27.0. The fraction of sp³-hybridized carbons (Fsp3) is 0.393. The van der Waals surface area contributed by atoms with Gasteiger partial charge in [0.15, 0.2) is 0 Å². The third-order valence-corrected chi connectivity index (χ3v) is 6.63. The molecule has 3 aromatic rings. The number of piperidine rings is 1. The summed E-state index contributed by atoms with van der Waals surface area (Å²) in [5.41, 5.74) is 3.73. The lowest BCUT2D eigenvalue weighted by Gasteiger charge is -2.32. The maximum absolute atomic E-state index is 11.7. The van der Waals surface area contributed by atoms with Crippen LogP contribution in [-0.2, 0) is 15.1 Å². The number of allylic oxidation sites excluding steroid dienone is 4. The van der Waals surface area contributed by atoms with E-state index in [2.05, 4.69) is 26.0 Å². The van der Waals surface area contributed by atoms with Crippen molar-refractivity contribution in [3.8, 4) is 17.3 Å². The Hall–Kier alpha value is -4.07. The summed E-state index contributed by atoms with van der Waals surface area (Å²) in [5.74, 6) is 0.232. The van der Waals surface area contributed by atoms with Gasteiger partial charge in [0.1, 0.15) is 42.1 Å². The summed E-state index contributed by atoms with van der Waals surface area (Å²) in [4.78, 5) is 29.8. The van der Waals surface area contributed by atoms with Gasteiger partial charge in [0.25, 0.3) is 0 Å². The number of carbonyl (C=O) groups excluding carboxylic acids is 1. The molecule has 3 aromatic heterocycles. The monoisotopic (exact) mass is 516 g/mol. The summed E-state index contributed by atoms with van der Waals surface area (Å²) in [7, 11) is 0. The van der Waals surface area contributed by atoms with Gasteiger partial charge in [0.05, 0.1) is 17.0 Å². The van der Waals surface area contributed by atoms with Crippen LogP contribution in [0, 0.1) is 11.3 Å². The van der Waals surface area contributed by atoms with Gasteiger partial charge in [-0.1, -0.05) is 0 Å². The summed E-state index contributed by atoms with van der Waals surface area (Å²) < 4.78 is 6.07. The molecule has 4 heterocycles. The number of hydrogen-bond acceptors (Lipinski definition) is 8. The highest BCUT2D eigenvalue weighted by atomic mass is 16.5. The number of likely N-dealkylation sites (tertiary alicyclic amines) is 1. The molecule has 1 amide bonds. The molecule has 0 aromatic carbocycles. The number of hydrogen-bond donors (Lipinski definition) is 3. The van der Waals surface area contributed by atoms with Crippen LogP contribution < -0.4 is 0 Å². The molecule has 0 saturated carbocycles. The summed E-state index contributed by atoms with van der Waals surface area (Å²) in [5, 5.41) is 29.9. The van der Waals surface area contributed by atoms with Gasteiger partial charge in [-0.15, -0.1) is 0 Å². The molecule has 1 fully saturated rings. The third kappa shape index (κ3) is 5.90. The summed E-state index contributed by atoms with van der Waals surface area (Å²) >= 11 is 0. The van der Waals surface area contributed by atoms with E-state index < -0.39 is 12.2 Å². The van der Waals surface area contributed by atoms with E-state index >= 15 is 0 Å². The Labute approximate surface area is 221 Å². The maximum atomic E-state index is 11.7. The van der Waals surface area contributed by atoms with Gasteiger partial charge in [-0.25, -0.2) is 9.97 Å². The van der Waals surface area contributed by atoms with Crippen molar-refractivity contribution in [2.75, 3.05) is 19.7 Å². The number of H-pyrrole nitrogens is 1. The van der Waals surface area contributed by atoms with Crippen LogP contribution in [0.5, 0.6) is 0 Å². The van der Waals surface area contributed by atoms with Crippen molar-refractivity contribution in [1.82, 2.24) is 24.8 Å². The number of carbonyl (C=O) groups is 1. The normalized spacial score (nSPS) is 15.8. The first-order valence-electron chi connectivity index (χ1n) is 12.5. The number of amides is 1. The second-order valence-electron chi connectivity index (χ2n) is 9.92. The number of pyridine rings is 1. The molecule has 198 valence electrons. The van der Waals surface area contributed by atoms with Gasteiger partial charge in [-0.3, -0.25) is 9.78 Å². The van der Waals surface area contributed by atoms with Gasteiger partial charge in [0, 0.05) is 48.8 Å². The predicted octanol–water partition coefficient (Wildman–Crippen LogP) is 3.45. The molecular weight excluding hydrogens is 484 g/mol. The van der Waals surface area contributed by atoms with Gasteiger partial charge >= 0.3 is 0 Å². The summed E-state index contributed by atoms with van der Waals surface area (Å²) in [6, 6.07) is 7.86. The molecule has 1 aliphatic heterocycles. The van der Waals surface area contributed by atoms with Gasteiger partial charge in [0.2, 0.25) is 5.91 Å². The Morgan fingerprint density at radius 1 is 1.26 bits per heavy atom. The number of aromatic amines is 1. The van der Waals surface area contributed by atoms with Gasteiger partial charge in [-0.2, -0.15) is 5.26 Å². The van der Waals surface area contributed by atoms with Crippen molar-refractivity contribution in [3.63, 3.8) is 0 Å². The van der Waals surface area contributed by atoms with E-state index in [1.807, 2.05) is 19.1 Å². The molecule has 10 nitrogen and oxygen atoms in total. The predicted molar refractivity (Wildman–Crippen MR) is 142 cm³/mol. The first-order valence-corrected chi connectivity index (χ1v) is 12.5. The number of aliphatic hydroxyl groups is 2. The van der Waals surface area contributed by atoms with E-state index in [-0.39, 0.29) is 12.0 Å². The van der Waals surface area contributed by atoms with E-state index in [9.17, 15) is 15.2 Å². The smallest absolute Gasteiger partial charge is 0.248 e. The quantitative estimate of drug-likeness (QED) is 0.246. The zero-order valence-electron chi connectivity index (χ0n) is 22.0. The molecule has 3 N–H and O–H groups in total. The molecule has 38 heavy (non-hydrogen) atoms. The highest BCUT2D eigenvalue weighted by Crippen LogP contribution is 2.29. The van der Waals surface area contributed by atoms with E-state index in [4.69, 9.17) is 9.84 Å². The van der Waals surface area contributed by atoms with Crippen molar-refractivity contribution >= 4 is 22.5 Å². The van der Waals surface area contributed by atoms with Crippen LogP contribution in [-0.4, -0.2) is 66.8 Å². The van der Waals surface area contributed by atoms with Crippen LogP contribution in [0.25, 0.3) is 27.9 Å². The lowest BCUT2D eigenvalue weighted by molar-refractivity contribution is -0.136. The molecule has 0 radical (unpaired) electrons. The highest BCUT2D eigenvalue weighted by molar-refractivity contribution is 5.92. The summed E-state index contributed by atoms with van der Waals surface area (Å²) in [6.07, 6.45) is 6.10. The standard InChI is InChI=1S/C28H32N6O4/c1-17(11-20(13-29)18(2)38-21-7-9-34(10-8-21)25(36)15-35)26-22-12-23(33-27(22)32-16-31-26)19-5-6-24(30-14-19)28(3,4)37/h5-6,11-12,14,16,21,35,37H,7-10,15H2,1-4H3,(H,31,32,33)/b17-11+,20-18-. The maximum Gasteiger partial charge on any atom is 0.248 e. The average molecular weight is 517 g/mol. The van der Waals surface area contributed by atoms with Crippen LogP contribution >= 0.6 is 0 Å². The second kappa shape index (κ2) is 11.1. The topological polar surface area (TPSA) is 148 Å². The van der Waals surface area contributed by atoms with Crippen molar-refractivity contribution in [2.45, 2.75) is 52.2 Å². The number of ether oxygens (including phenoxy) is 1. The lowest BCUT2D eigenvalue weighted by atomic mass is 10.0. The zero-order valence-corrected chi connectivity index (χ0v) is 22.0. The van der Waals surface area contributed by atoms with Crippen molar-refractivity contribution < 1.29 is 19.7 Å². The Bertz CT molecular complexity index is 1420. The molecule has 0 spiro atoms. The molecule has 0 bridgehead atoms. The van der Waals surface area contributed by atoms with Crippen LogP contribution in [0.3, 0.4) is 0 Å². The second-order valence-corrected chi connectivity index (χ2v) is 9.92. The first-order chi connectivity index (χ1) is 18.1. The fourth-order valence-electron chi connectivity index (χ4n) is 4.46. The van der Waals surface area contributed by atoms with Crippen molar-refractivity contribution in [2.24, 2.45) is 0 Å². The molecule has 0 aliphatic carbocycles. The molecule has 1 saturated heterocycles. The number of nitrogens with zero attached hydrogens (tertiary/aromatic N) is 5. The molecular formula is C28H32N6O4. The minimum atomic E-state index is -1.02. The molecule has 0 atom stereocenters. The molecule has 10 heteroatoms. The van der Waals surface area contributed by atoms with Gasteiger partial charge in [-0.05, 0) is 57.5 Å². The number of nitrogens with one attached hydrogen (secondary N) is 1. The van der Waals surface area contributed by atoms with Crippen molar-refractivity contribution in [3.05, 3.63) is 59.5 Å². The lowest BCUT2D eigenvalue weighted by Crippen LogP contribution is -2.42. The number of aliphatic hydroxyl groups excluding tert-OH is 1. The Kier molecular flexibility index (Phi) is 7.90. The number of rotatable bonds is 7. The Morgan fingerprint density at radius 3 is 2.61 bits per heavy atom. The largest absolute Gasteiger partial charge is 0.494 e. The van der Waals surface area contributed by atoms with Crippen LogP contribution in [0.15, 0.2) is 48.1 Å². The number of nitriles is 1. The Balaban J connectivity index is 1.56. The average Bonchev–Trinajstić information content (AvgIpc) is 3.35. The van der Waals surface area contributed by atoms with Crippen LogP contribution in [0.2, 0.25) is 0 Å². The van der Waals surface area contributed by atoms with E-state index in [1.165, 1.54) is 6.33 Å². The fourth-order valence-corrected chi connectivity index (χ4v) is 4.46. The minimum Gasteiger partial charge on any atom is -0.494 e.